The number of nitrogens with zero attached hydrogens (tertiary/aromatic N) is 1. The Bertz CT molecular complexity index is 1730. The Hall–Kier alpha value is -3.85. The Morgan fingerprint density at radius 2 is 0.760 bits per heavy atom. The van der Waals surface area contributed by atoms with Crippen LogP contribution in [-0.4, -0.2) is 74.9 Å². The van der Waals surface area contributed by atoms with Crippen LogP contribution in [0, 0.1) is 0 Å². The van der Waals surface area contributed by atoms with Gasteiger partial charge in [-0.25, -0.2) is 4.57 Å². The van der Waals surface area contributed by atoms with Crippen molar-refractivity contribution in [2.75, 3.05) is 47.5 Å². The van der Waals surface area contributed by atoms with Gasteiger partial charge in [0.15, 0.2) is 6.10 Å². The van der Waals surface area contributed by atoms with Crippen molar-refractivity contribution in [1.82, 2.24) is 0 Å². The molecule has 0 saturated carbocycles. The number of esters is 2. The quantitative estimate of drug-likeness (QED) is 0.0211. The van der Waals surface area contributed by atoms with E-state index in [0.29, 0.717) is 17.4 Å². The fourth-order valence-electron chi connectivity index (χ4n) is 7.43. The Morgan fingerprint density at radius 1 is 0.427 bits per heavy atom. The summed E-state index contributed by atoms with van der Waals surface area (Å²) in [4.78, 5) is 35.6. The van der Waals surface area contributed by atoms with E-state index in [-0.39, 0.29) is 32.0 Å². The maximum Gasteiger partial charge on any atom is 0.472 e. The molecule has 2 unspecified atom stereocenters. The molecule has 0 saturated heterocycles. The molecule has 10 heteroatoms. The summed E-state index contributed by atoms with van der Waals surface area (Å²) < 4.78 is 34.4. The number of quaternary nitrogens is 1. The van der Waals surface area contributed by atoms with Gasteiger partial charge < -0.3 is 18.9 Å². The smallest absolute Gasteiger partial charge is 0.462 e. The van der Waals surface area contributed by atoms with E-state index in [2.05, 4.69) is 148 Å². The Kier molecular flexibility index (Phi) is 52.1. The normalized spacial score (nSPS) is 14.3. The first kappa shape index (κ1) is 71.2. The number of carbonyl (C=O) groups excluding carboxylic acids is 2. The van der Waals surface area contributed by atoms with E-state index in [1.165, 1.54) is 57.8 Å². The van der Waals surface area contributed by atoms with Crippen LogP contribution in [0.25, 0.3) is 0 Å². The maximum absolute atomic E-state index is 12.8. The summed E-state index contributed by atoms with van der Waals surface area (Å²) in [6, 6.07) is 0. The number of phosphoric ester groups is 1. The fraction of sp³-hybridized carbons (Fsp3) is 0.631. The van der Waals surface area contributed by atoms with Gasteiger partial charge >= 0.3 is 19.8 Å². The lowest BCUT2D eigenvalue weighted by atomic mass is 10.0. The SMILES string of the molecule is CC/C=C\C/C=C\C/C=C\C/C=C\C/C=C\C/C=C\C/C=C\C/C=C\C/C=C\C/C=C\C/C=C\CCCCCCCC(=O)OC(COC(=O)CCCCCCCCCCCCCC)COP(=O)(O)OCC[N+](C)(C)C. The summed E-state index contributed by atoms with van der Waals surface area (Å²) in [5, 5.41) is 0. The van der Waals surface area contributed by atoms with Crippen molar-refractivity contribution in [1.29, 1.82) is 0 Å². The van der Waals surface area contributed by atoms with Gasteiger partial charge in [-0.3, -0.25) is 18.6 Å². The third kappa shape index (κ3) is 59.3. The summed E-state index contributed by atoms with van der Waals surface area (Å²) in [7, 11) is 1.45. The van der Waals surface area contributed by atoms with Crippen LogP contribution in [-0.2, 0) is 32.7 Å². The van der Waals surface area contributed by atoms with E-state index in [1.807, 2.05) is 21.1 Å². The molecule has 0 aromatic rings. The summed E-state index contributed by atoms with van der Waals surface area (Å²) in [6.45, 7) is 4.27. The standard InChI is InChI=1S/C65H108NO8P/c1-6-8-10-12-14-16-18-20-21-22-23-24-25-26-27-28-29-30-31-32-33-34-35-36-37-38-39-40-41-42-43-44-45-46-48-50-52-54-56-58-65(68)74-63(62-73-75(69,70)72-60-59-66(3,4)5)61-71-64(67)57-55-53-51-49-47-19-17-15-13-11-9-7-2/h8,10,14,16,20-21,23-24,26-27,29-30,32-33,35-36,38-39,41-42,44-45,63H,6-7,9,11-13,15,17-19,22,25,28,31,34,37,40,43,46-62H2,1-5H3/p+1/b10-8-,16-14-,21-20-,24-23-,27-26-,30-29-,33-32-,36-35-,39-38-,42-41-,45-44-. The van der Waals surface area contributed by atoms with Gasteiger partial charge in [0, 0.05) is 12.8 Å². The van der Waals surface area contributed by atoms with Gasteiger partial charge in [0.05, 0.1) is 27.7 Å². The monoisotopic (exact) mass is 1060 g/mol. The molecule has 0 aliphatic carbocycles. The molecule has 0 aliphatic rings. The molecule has 0 rings (SSSR count). The van der Waals surface area contributed by atoms with Crippen molar-refractivity contribution < 1.29 is 42.1 Å². The number of carbonyl (C=O) groups is 2. The second-order valence-corrected chi connectivity index (χ2v) is 21.8. The Morgan fingerprint density at radius 3 is 1.13 bits per heavy atom. The largest absolute Gasteiger partial charge is 0.472 e. The summed E-state index contributed by atoms with van der Waals surface area (Å²) in [5.41, 5.74) is 0. The molecular weight excluding hydrogens is 954 g/mol. The van der Waals surface area contributed by atoms with E-state index in [4.69, 9.17) is 18.5 Å². The fourth-order valence-corrected chi connectivity index (χ4v) is 8.17. The van der Waals surface area contributed by atoms with Gasteiger partial charge in [0.2, 0.25) is 0 Å². The number of hydrogen-bond donors (Lipinski definition) is 1. The number of ether oxygens (including phenoxy) is 2. The van der Waals surface area contributed by atoms with E-state index < -0.39 is 26.5 Å². The van der Waals surface area contributed by atoms with Crippen molar-refractivity contribution in [3.8, 4) is 0 Å². The van der Waals surface area contributed by atoms with Crippen molar-refractivity contribution in [3.05, 3.63) is 134 Å². The van der Waals surface area contributed by atoms with E-state index >= 15 is 0 Å². The number of allylic oxidation sites excluding steroid dienone is 22. The second-order valence-electron chi connectivity index (χ2n) is 20.3. The molecule has 0 bridgehead atoms. The van der Waals surface area contributed by atoms with E-state index in [0.717, 1.165) is 122 Å². The molecule has 0 spiro atoms. The summed E-state index contributed by atoms with van der Waals surface area (Å²) in [6.07, 6.45) is 79.6. The Balaban J connectivity index is 4.16. The molecule has 0 aromatic carbocycles. The average Bonchev–Trinajstić information content (AvgIpc) is 3.37. The lowest BCUT2D eigenvalue weighted by molar-refractivity contribution is -0.870. The van der Waals surface area contributed by atoms with Gasteiger partial charge in [-0.05, 0) is 96.3 Å². The molecule has 75 heavy (non-hydrogen) atoms. The topological polar surface area (TPSA) is 108 Å². The molecule has 0 fully saturated rings. The third-order valence-electron chi connectivity index (χ3n) is 11.9. The van der Waals surface area contributed by atoms with Crippen LogP contribution in [0.15, 0.2) is 134 Å². The first-order valence-electron chi connectivity index (χ1n) is 29.4. The molecule has 2 atom stereocenters. The zero-order chi connectivity index (χ0) is 54.9. The van der Waals surface area contributed by atoms with Gasteiger partial charge in [-0.1, -0.05) is 237 Å². The van der Waals surface area contributed by atoms with Crippen molar-refractivity contribution >= 4 is 19.8 Å². The number of rotatable bonds is 52. The van der Waals surface area contributed by atoms with Gasteiger partial charge in [-0.15, -0.1) is 0 Å². The number of hydrogen-bond acceptors (Lipinski definition) is 7. The molecule has 0 heterocycles. The van der Waals surface area contributed by atoms with Crippen LogP contribution in [0.4, 0.5) is 0 Å². The molecule has 0 aliphatic heterocycles. The van der Waals surface area contributed by atoms with E-state index in [9.17, 15) is 19.0 Å². The number of phosphoric acid groups is 1. The molecule has 9 nitrogen and oxygen atoms in total. The predicted octanol–water partition coefficient (Wildman–Crippen LogP) is 18.5. The molecule has 1 N–H and O–H groups in total. The first-order valence-corrected chi connectivity index (χ1v) is 30.9. The van der Waals surface area contributed by atoms with Crippen LogP contribution in [0.3, 0.4) is 0 Å². The second kappa shape index (κ2) is 54.9. The van der Waals surface area contributed by atoms with Gasteiger partial charge in [0.25, 0.3) is 0 Å². The summed E-state index contributed by atoms with van der Waals surface area (Å²) >= 11 is 0. The molecule has 426 valence electrons. The van der Waals surface area contributed by atoms with Gasteiger partial charge in [-0.2, -0.15) is 0 Å². The Labute approximate surface area is 460 Å². The predicted molar refractivity (Wildman–Crippen MR) is 320 cm³/mol. The number of unbranched alkanes of at least 4 members (excludes halogenated alkanes) is 16. The molecule has 0 radical (unpaired) electrons. The van der Waals surface area contributed by atoms with Gasteiger partial charge in [0.1, 0.15) is 19.8 Å². The van der Waals surface area contributed by atoms with Crippen LogP contribution in [0.2, 0.25) is 0 Å². The summed E-state index contributed by atoms with van der Waals surface area (Å²) in [5.74, 6) is -0.827. The average molecular weight is 1060 g/mol. The zero-order valence-electron chi connectivity index (χ0n) is 48.2. The van der Waals surface area contributed by atoms with Crippen molar-refractivity contribution in [2.45, 2.75) is 219 Å². The molecular formula is C65H109NO8P+. The van der Waals surface area contributed by atoms with E-state index in [1.54, 1.807) is 0 Å². The van der Waals surface area contributed by atoms with Crippen LogP contribution in [0.5, 0.6) is 0 Å². The highest BCUT2D eigenvalue weighted by molar-refractivity contribution is 7.47. The minimum atomic E-state index is -4.39. The highest BCUT2D eigenvalue weighted by Gasteiger charge is 2.27. The third-order valence-corrected chi connectivity index (χ3v) is 12.9. The van der Waals surface area contributed by atoms with Crippen LogP contribution >= 0.6 is 7.82 Å². The highest BCUT2D eigenvalue weighted by Crippen LogP contribution is 2.43. The highest BCUT2D eigenvalue weighted by atomic mass is 31.2. The van der Waals surface area contributed by atoms with Crippen molar-refractivity contribution in [2.24, 2.45) is 0 Å². The minimum Gasteiger partial charge on any atom is -0.462 e. The zero-order valence-corrected chi connectivity index (χ0v) is 49.1. The van der Waals surface area contributed by atoms with Crippen LogP contribution in [0.1, 0.15) is 213 Å². The van der Waals surface area contributed by atoms with Crippen LogP contribution < -0.4 is 0 Å². The minimum absolute atomic E-state index is 0.0220. The maximum atomic E-state index is 12.8. The lowest BCUT2D eigenvalue weighted by Gasteiger charge is -2.24. The molecule has 0 aromatic heterocycles. The van der Waals surface area contributed by atoms with Crippen molar-refractivity contribution in [3.63, 3.8) is 0 Å². The number of likely N-dealkylation sites (N-methyl/N-ethyl adjacent to an activating group) is 1. The lowest BCUT2D eigenvalue weighted by Crippen LogP contribution is -2.37. The molecule has 0 amide bonds. The first-order chi connectivity index (χ1) is 36.5.